The van der Waals surface area contributed by atoms with Crippen LogP contribution in [0.4, 0.5) is 22.0 Å². The van der Waals surface area contributed by atoms with E-state index in [2.05, 4.69) is 0 Å². The van der Waals surface area contributed by atoms with Gasteiger partial charge in [-0.25, -0.2) is 22.0 Å². The van der Waals surface area contributed by atoms with Crippen molar-refractivity contribution in [2.24, 2.45) is 0 Å². The molecule has 1 aromatic heterocycles. The smallest absolute Gasteiger partial charge is 0.416 e. The number of rotatable bonds is 9. The fraction of sp³-hybridized carbons (Fsp3) is 0.296. The zero-order chi connectivity index (χ0) is 29.4. The van der Waals surface area contributed by atoms with Crippen LogP contribution < -0.4 is 15.2 Å². The van der Waals surface area contributed by atoms with E-state index < -0.39 is 68.3 Å². The van der Waals surface area contributed by atoms with Gasteiger partial charge in [0.05, 0.1) is 43.1 Å². The van der Waals surface area contributed by atoms with Gasteiger partial charge >= 0.3 is 11.9 Å². The van der Waals surface area contributed by atoms with Gasteiger partial charge in [-0.3, -0.25) is 9.13 Å². The standard InChI is InChI=1S/C27H25F5N2O5S/c1-4-39-24-11-16(9-10-23(24)38-2)22(15-40(3,36)37)34-25-20(29)12-18(27(30,31)32)13-21(25)33(26(34)35)14-17-7-5-6-8-19(17)28/h5-13,22H,4,14-15H2,1-3H3. The molecule has 4 aromatic rings. The van der Waals surface area contributed by atoms with Gasteiger partial charge in [-0.15, -0.1) is 0 Å². The summed E-state index contributed by atoms with van der Waals surface area (Å²) in [6.07, 6.45) is -4.04. The number of fused-ring (bicyclic) bond motifs is 1. The molecule has 1 unspecified atom stereocenters. The van der Waals surface area contributed by atoms with Crippen LogP contribution in [0.25, 0.3) is 11.0 Å². The highest BCUT2D eigenvalue weighted by Crippen LogP contribution is 2.36. The van der Waals surface area contributed by atoms with Gasteiger partial charge in [-0.2, -0.15) is 13.2 Å². The SMILES string of the molecule is CCOc1cc(C(CS(C)(=O)=O)n2c(=O)n(Cc3ccccc3F)c3cc(C(F)(F)F)cc(F)c32)ccc1OC. The molecule has 0 aliphatic rings. The fourth-order valence-corrected chi connectivity index (χ4v) is 5.45. The lowest BCUT2D eigenvalue weighted by atomic mass is 10.1. The molecule has 0 saturated carbocycles. The Hall–Kier alpha value is -3.87. The second-order valence-corrected chi connectivity index (χ2v) is 11.3. The average Bonchev–Trinajstić information content (AvgIpc) is 3.14. The third-order valence-electron chi connectivity index (χ3n) is 6.27. The molecule has 40 heavy (non-hydrogen) atoms. The number of nitrogens with zero attached hydrogens (tertiary/aromatic N) is 2. The number of imidazole rings is 1. The second-order valence-electron chi connectivity index (χ2n) is 9.11. The zero-order valence-corrected chi connectivity index (χ0v) is 22.4. The van der Waals surface area contributed by atoms with Gasteiger partial charge in [0.25, 0.3) is 0 Å². The molecule has 0 N–H and O–H groups in total. The summed E-state index contributed by atoms with van der Waals surface area (Å²) in [7, 11) is -2.46. The van der Waals surface area contributed by atoms with E-state index in [0.29, 0.717) is 11.8 Å². The van der Waals surface area contributed by atoms with E-state index in [4.69, 9.17) is 9.47 Å². The summed E-state index contributed by atoms with van der Waals surface area (Å²) >= 11 is 0. The van der Waals surface area contributed by atoms with E-state index >= 15 is 4.39 Å². The molecule has 214 valence electrons. The Bertz CT molecular complexity index is 1730. The third kappa shape index (κ3) is 5.83. The first kappa shape index (κ1) is 29.1. The summed E-state index contributed by atoms with van der Waals surface area (Å²) in [6.45, 7) is 1.38. The van der Waals surface area contributed by atoms with E-state index in [-0.39, 0.29) is 29.5 Å². The van der Waals surface area contributed by atoms with E-state index in [1.165, 1.54) is 43.5 Å². The van der Waals surface area contributed by atoms with E-state index in [9.17, 15) is 30.8 Å². The van der Waals surface area contributed by atoms with Crippen LogP contribution in [0.2, 0.25) is 0 Å². The maximum absolute atomic E-state index is 15.5. The Balaban J connectivity index is 2.07. The summed E-state index contributed by atoms with van der Waals surface area (Å²) in [5.41, 5.74) is -3.27. The molecular formula is C27H25F5N2O5S. The molecule has 0 aliphatic carbocycles. The molecule has 7 nitrogen and oxygen atoms in total. The number of sulfone groups is 1. The maximum Gasteiger partial charge on any atom is 0.416 e. The Labute approximate surface area is 226 Å². The van der Waals surface area contributed by atoms with Gasteiger partial charge in [0.1, 0.15) is 27.0 Å². The molecule has 1 heterocycles. The van der Waals surface area contributed by atoms with Crippen molar-refractivity contribution in [3.63, 3.8) is 0 Å². The lowest BCUT2D eigenvalue weighted by Gasteiger charge is -2.21. The first-order valence-corrected chi connectivity index (χ1v) is 14.0. The molecule has 0 aliphatic heterocycles. The van der Waals surface area contributed by atoms with Crippen LogP contribution in [0.15, 0.2) is 59.4 Å². The van der Waals surface area contributed by atoms with Crippen LogP contribution in [0.1, 0.15) is 29.7 Å². The number of hydrogen-bond acceptors (Lipinski definition) is 5. The number of methoxy groups -OCH3 is 1. The lowest BCUT2D eigenvalue weighted by Crippen LogP contribution is -2.32. The Morgan fingerprint density at radius 2 is 1.68 bits per heavy atom. The van der Waals surface area contributed by atoms with E-state index in [1.54, 1.807) is 6.92 Å². The van der Waals surface area contributed by atoms with Crippen LogP contribution in [0.3, 0.4) is 0 Å². The Morgan fingerprint density at radius 1 is 0.975 bits per heavy atom. The normalized spacial score (nSPS) is 13.0. The predicted octanol–water partition coefficient (Wildman–Crippen LogP) is 5.19. The molecule has 1 atom stereocenters. The van der Waals surface area contributed by atoms with Crippen molar-refractivity contribution in [2.75, 3.05) is 25.7 Å². The van der Waals surface area contributed by atoms with Crippen molar-refractivity contribution < 1.29 is 39.8 Å². The minimum atomic E-state index is -4.95. The van der Waals surface area contributed by atoms with Crippen LogP contribution in [-0.2, 0) is 22.6 Å². The molecule has 0 bridgehead atoms. The fourth-order valence-electron chi connectivity index (χ4n) is 4.54. The second kappa shape index (κ2) is 11.0. The minimum absolute atomic E-state index is 0.0378. The van der Waals surface area contributed by atoms with Crippen molar-refractivity contribution >= 4 is 20.9 Å². The van der Waals surface area contributed by atoms with Gasteiger partial charge < -0.3 is 9.47 Å². The number of ether oxygens (including phenoxy) is 2. The molecule has 4 rings (SSSR count). The molecule has 13 heteroatoms. The molecule has 0 radical (unpaired) electrons. The molecule has 0 amide bonds. The summed E-state index contributed by atoms with van der Waals surface area (Å²) in [6, 6.07) is 9.11. The van der Waals surface area contributed by atoms with Crippen LogP contribution in [-0.4, -0.2) is 43.3 Å². The Morgan fingerprint density at radius 3 is 2.27 bits per heavy atom. The number of halogens is 5. The van der Waals surface area contributed by atoms with Crippen LogP contribution in [0, 0.1) is 11.6 Å². The highest BCUT2D eigenvalue weighted by atomic mass is 32.2. The van der Waals surface area contributed by atoms with Crippen molar-refractivity contribution in [1.29, 1.82) is 0 Å². The Kier molecular flexibility index (Phi) is 7.97. The minimum Gasteiger partial charge on any atom is -0.493 e. The zero-order valence-electron chi connectivity index (χ0n) is 21.6. The van der Waals surface area contributed by atoms with Crippen LogP contribution in [0.5, 0.6) is 11.5 Å². The quantitative estimate of drug-likeness (QED) is 0.253. The van der Waals surface area contributed by atoms with Gasteiger partial charge in [-0.05, 0) is 42.8 Å². The van der Waals surface area contributed by atoms with Gasteiger partial charge in [0, 0.05) is 11.8 Å². The van der Waals surface area contributed by atoms with E-state index in [1.807, 2.05) is 0 Å². The molecule has 3 aromatic carbocycles. The average molecular weight is 585 g/mol. The van der Waals surface area contributed by atoms with Gasteiger partial charge in [0.15, 0.2) is 11.5 Å². The first-order valence-electron chi connectivity index (χ1n) is 12.0. The number of aromatic nitrogens is 2. The maximum atomic E-state index is 15.5. The first-order chi connectivity index (χ1) is 18.7. The monoisotopic (exact) mass is 584 g/mol. The third-order valence-corrected chi connectivity index (χ3v) is 7.19. The van der Waals surface area contributed by atoms with Crippen molar-refractivity contribution in [3.8, 4) is 11.5 Å². The van der Waals surface area contributed by atoms with Crippen molar-refractivity contribution in [3.05, 3.63) is 93.4 Å². The van der Waals surface area contributed by atoms with Gasteiger partial charge in [-0.1, -0.05) is 24.3 Å². The highest BCUT2D eigenvalue weighted by molar-refractivity contribution is 7.90. The molecular weight excluding hydrogens is 559 g/mol. The summed E-state index contributed by atoms with van der Waals surface area (Å²) in [4.78, 5) is 13.9. The van der Waals surface area contributed by atoms with Crippen molar-refractivity contribution in [2.45, 2.75) is 25.7 Å². The summed E-state index contributed by atoms with van der Waals surface area (Å²) in [5.74, 6) is -2.31. The molecule has 0 spiro atoms. The number of hydrogen-bond donors (Lipinski definition) is 0. The predicted molar refractivity (Wildman–Crippen MR) is 139 cm³/mol. The number of alkyl halides is 3. The largest absolute Gasteiger partial charge is 0.493 e. The topological polar surface area (TPSA) is 79.5 Å². The molecule has 0 fully saturated rings. The van der Waals surface area contributed by atoms with Crippen molar-refractivity contribution in [1.82, 2.24) is 9.13 Å². The van der Waals surface area contributed by atoms with Crippen LogP contribution >= 0.6 is 0 Å². The summed E-state index contributed by atoms with van der Waals surface area (Å²) in [5, 5.41) is 0. The van der Waals surface area contributed by atoms with E-state index in [0.717, 1.165) is 21.5 Å². The lowest BCUT2D eigenvalue weighted by molar-refractivity contribution is -0.137. The highest BCUT2D eigenvalue weighted by Gasteiger charge is 2.35. The summed E-state index contributed by atoms with van der Waals surface area (Å²) < 4.78 is 108. The molecule has 0 saturated heterocycles. The number of benzene rings is 3. The van der Waals surface area contributed by atoms with Gasteiger partial charge in [0.2, 0.25) is 0 Å².